The molecule has 17 heavy (non-hydrogen) atoms. The van der Waals surface area contributed by atoms with Crippen LogP contribution in [0, 0.1) is 11.3 Å². The number of rotatable bonds is 2. The van der Waals surface area contributed by atoms with Crippen molar-refractivity contribution in [2.24, 2.45) is 0 Å². The zero-order valence-corrected chi connectivity index (χ0v) is 10.1. The topological polar surface area (TPSA) is 75.0 Å². The van der Waals surface area contributed by atoms with Gasteiger partial charge >= 0.3 is 0 Å². The summed E-state index contributed by atoms with van der Waals surface area (Å²) in [6.07, 6.45) is 1.48. The lowest BCUT2D eigenvalue weighted by Crippen LogP contribution is -2.40. The van der Waals surface area contributed by atoms with Crippen molar-refractivity contribution in [2.75, 3.05) is 6.26 Å². The minimum atomic E-state index is -3.29. The van der Waals surface area contributed by atoms with Crippen LogP contribution in [-0.4, -0.2) is 20.5 Å². The van der Waals surface area contributed by atoms with E-state index in [1.807, 2.05) is 0 Å². The summed E-state index contributed by atoms with van der Waals surface area (Å²) < 4.78 is 22.8. The SMILES string of the molecule is CS(=O)(=O)c1cccc(C2(C#N)CC(=O)C2)c1. The summed E-state index contributed by atoms with van der Waals surface area (Å²) in [5, 5.41) is 9.15. The maximum atomic E-state index is 11.4. The van der Waals surface area contributed by atoms with Crippen LogP contribution in [0.2, 0.25) is 0 Å². The van der Waals surface area contributed by atoms with Gasteiger partial charge in [0, 0.05) is 19.1 Å². The van der Waals surface area contributed by atoms with Crippen LogP contribution < -0.4 is 0 Å². The highest BCUT2D eigenvalue weighted by molar-refractivity contribution is 7.90. The molecule has 0 bridgehead atoms. The smallest absolute Gasteiger partial charge is 0.175 e. The highest BCUT2D eigenvalue weighted by atomic mass is 32.2. The Kier molecular flexibility index (Phi) is 2.55. The molecule has 1 aliphatic rings. The van der Waals surface area contributed by atoms with Crippen molar-refractivity contribution >= 4 is 15.6 Å². The van der Waals surface area contributed by atoms with Gasteiger partial charge in [-0.05, 0) is 17.7 Å². The number of ketones is 1. The molecule has 1 aliphatic carbocycles. The van der Waals surface area contributed by atoms with Crippen LogP contribution in [0.5, 0.6) is 0 Å². The second-order valence-electron chi connectivity index (χ2n) is 4.39. The molecule has 88 valence electrons. The van der Waals surface area contributed by atoms with Crippen LogP contribution in [0.3, 0.4) is 0 Å². The quantitative estimate of drug-likeness (QED) is 0.789. The summed E-state index contributed by atoms with van der Waals surface area (Å²) in [5.41, 5.74) is -0.208. The Hall–Kier alpha value is -1.67. The van der Waals surface area contributed by atoms with Gasteiger partial charge in [0.25, 0.3) is 0 Å². The Morgan fingerprint density at radius 2 is 2.00 bits per heavy atom. The molecule has 1 aromatic rings. The molecule has 0 atom stereocenters. The van der Waals surface area contributed by atoms with E-state index in [-0.39, 0.29) is 23.5 Å². The number of carbonyl (C=O) groups is 1. The Morgan fingerprint density at radius 3 is 2.47 bits per heavy atom. The van der Waals surface area contributed by atoms with Crippen molar-refractivity contribution in [1.29, 1.82) is 5.26 Å². The Bertz CT molecular complexity index is 617. The predicted molar refractivity (Wildman–Crippen MR) is 61.1 cm³/mol. The number of hydrogen-bond acceptors (Lipinski definition) is 4. The Labute approximate surface area is 99.8 Å². The van der Waals surface area contributed by atoms with Gasteiger partial charge in [-0.15, -0.1) is 0 Å². The van der Waals surface area contributed by atoms with Gasteiger partial charge < -0.3 is 0 Å². The minimum absolute atomic E-state index is 0.0382. The Morgan fingerprint density at radius 1 is 1.35 bits per heavy atom. The summed E-state index contributed by atoms with van der Waals surface area (Å²) in [4.78, 5) is 11.2. The number of nitriles is 1. The van der Waals surface area contributed by atoms with Crippen LogP contribution in [0.1, 0.15) is 18.4 Å². The molecule has 0 radical (unpaired) electrons. The van der Waals surface area contributed by atoms with Crippen molar-refractivity contribution in [3.8, 4) is 6.07 Å². The third-order valence-electron chi connectivity index (χ3n) is 3.03. The van der Waals surface area contributed by atoms with Gasteiger partial charge in [0.15, 0.2) is 9.84 Å². The van der Waals surface area contributed by atoms with Gasteiger partial charge in [-0.25, -0.2) is 8.42 Å². The summed E-state index contributed by atoms with van der Waals surface area (Å²) in [7, 11) is -3.29. The van der Waals surface area contributed by atoms with E-state index in [0.717, 1.165) is 6.26 Å². The molecule has 2 rings (SSSR count). The van der Waals surface area contributed by atoms with Crippen LogP contribution in [-0.2, 0) is 20.0 Å². The molecule has 0 saturated heterocycles. The molecule has 0 aromatic heterocycles. The highest BCUT2D eigenvalue weighted by Gasteiger charge is 2.45. The molecule has 5 heteroatoms. The molecule has 0 unspecified atom stereocenters. The molecular formula is C12H11NO3S. The summed E-state index contributed by atoms with van der Waals surface area (Å²) in [6, 6.07) is 8.41. The lowest BCUT2D eigenvalue weighted by atomic mass is 9.65. The monoisotopic (exact) mass is 249 g/mol. The number of Topliss-reactive ketones (excluding diaryl/α,β-unsaturated/α-hetero) is 1. The minimum Gasteiger partial charge on any atom is -0.300 e. The average molecular weight is 249 g/mol. The number of hydrogen-bond donors (Lipinski definition) is 0. The van der Waals surface area contributed by atoms with Crippen molar-refractivity contribution < 1.29 is 13.2 Å². The van der Waals surface area contributed by atoms with Crippen molar-refractivity contribution in [2.45, 2.75) is 23.2 Å². The average Bonchev–Trinajstić information content (AvgIpc) is 2.23. The van der Waals surface area contributed by atoms with Crippen LogP contribution in [0.15, 0.2) is 29.2 Å². The molecule has 1 saturated carbocycles. The maximum absolute atomic E-state index is 11.4. The number of benzene rings is 1. The summed E-state index contributed by atoms with van der Waals surface area (Å²) in [5.74, 6) is 0.0382. The zero-order valence-electron chi connectivity index (χ0n) is 9.30. The van der Waals surface area contributed by atoms with Gasteiger partial charge in [0.2, 0.25) is 0 Å². The maximum Gasteiger partial charge on any atom is 0.175 e. The van der Waals surface area contributed by atoms with Gasteiger partial charge in [-0.3, -0.25) is 4.79 Å². The number of nitrogens with zero attached hydrogens (tertiary/aromatic N) is 1. The second-order valence-corrected chi connectivity index (χ2v) is 6.40. The van der Waals surface area contributed by atoms with Gasteiger partial charge in [-0.1, -0.05) is 12.1 Å². The predicted octanol–water partition coefficient (Wildman–Crippen LogP) is 1.21. The highest BCUT2D eigenvalue weighted by Crippen LogP contribution is 2.41. The van der Waals surface area contributed by atoms with E-state index >= 15 is 0 Å². The van der Waals surface area contributed by atoms with Crippen LogP contribution >= 0.6 is 0 Å². The molecule has 0 N–H and O–H groups in total. The first-order chi connectivity index (χ1) is 7.87. The number of carbonyl (C=O) groups excluding carboxylic acids is 1. The third-order valence-corrected chi connectivity index (χ3v) is 4.14. The molecule has 1 fully saturated rings. The van der Waals surface area contributed by atoms with E-state index in [1.165, 1.54) is 12.1 Å². The van der Waals surface area contributed by atoms with E-state index in [2.05, 4.69) is 6.07 Å². The van der Waals surface area contributed by atoms with E-state index in [9.17, 15) is 13.2 Å². The first kappa shape index (κ1) is 11.8. The fourth-order valence-electron chi connectivity index (χ4n) is 1.99. The third kappa shape index (κ3) is 1.96. The summed E-state index contributed by atoms with van der Waals surface area (Å²) in [6.45, 7) is 0. The molecule has 0 amide bonds. The molecular weight excluding hydrogens is 238 g/mol. The van der Waals surface area contributed by atoms with E-state index in [1.54, 1.807) is 12.1 Å². The molecule has 1 aromatic carbocycles. The van der Waals surface area contributed by atoms with Gasteiger partial charge in [-0.2, -0.15) is 5.26 Å². The lowest BCUT2D eigenvalue weighted by Gasteiger charge is -2.34. The van der Waals surface area contributed by atoms with Crippen molar-refractivity contribution in [3.63, 3.8) is 0 Å². The van der Waals surface area contributed by atoms with Crippen LogP contribution in [0.25, 0.3) is 0 Å². The normalized spacial score (nSPS) is 18.2. The summed E-state index contributed by atoms with van der Waals surface area (Å²) >= 11 is 0. The lowest BCUT2D eigenvalue weighted by molar-refractivity contribution is -0.126. The molecule has 4 nitrogen and oxygen atoms in total. The second kappa shape index (κ2) is 3.67. The fourth-order valence-corrected chi connectivity index (χ4v) is 2.66. The van der Waals surface area contributed by atoms with E-state index in [0.29, 0.717) is 5.56 Å². The largest absolute Gasteiger partial charge is 0.300 e. The molecule has 0 heterocycles. The fraction of sp³-hybridized carbons (Fsp3) is 0.333. The standard InChI is InChI=1S/C12H11NO3S/c1-17(15,16)11-4-2-3-9(5-11)12(8-13)6-10(14)7-12/h2-5H,6-7H2,1H3. The van der Waals surface area contributed by atoms with E-state index < -0.39 is 15.3 Å². The first-order valence-corrected chi connectivity index (χ1v) is 7.00. The van der Waals surface area contributed by atoms with Crippen molar-refractivity contribution in [1.82, 2.24) is 0 Å². The zero-order chi connectivity index (χ0) is 12.7. The van der Waals surface area contributed by atoms with Gasteiger partial charge in [0.1, 0.15) is 5.78 Å². The molecule has 0 aliphatic heterocycles. The molecule has 0 spiro atoms. The van der Waals surface area contributed by atoms with Gasteiger partial charge in [0.05, 0.1) is 16.4 Å². The van der Waals surface area contributed by atoms with Crippen LogP contribution in [0.4, 0.5) is 0 Å². The Balaban J connectivity index is 2.48. The first-order valence-electron chi connectivity index (χ1n) is 5.11. The van der Waals surface area contributed by atoms with E-state index in [4.69, 9.17) is 5.26 Å². The van der Waals surface area contributed by atoms with Crippen molar-refractivity contribution in [3.05, 3.63) is 29.8 Å². The number of sulfone groups is 1.